The van der Waals surface area contributed by atoms with E-state index >= 15 is 0 Å². The van der Waals surface area contributed by atoms with Gasteiger partial charge in [0.1, 0.15) is 12.4 Å². The van der Waals surface area contributed by atoms with Crippen LogP contribution in [0.1, 0.15) is 33.3 Å². The fourth-order valence-corrected chi connectivity index (χ4v) is 1.52. The van der Waals surface area contributed by atoms with Crippen molar-refractivity contribution in [3.8, 4) is 5.75 Å². The van der Waals surface area contributed by atoms with E-state index in [0.717, 1.165) is 11.1 Å². The zero-order valence-electron chi connectivity index (χ0n) is 12.5. The molecule has 0 saturated carbocycles. The Morgan fingerprint density at radius 1 is 1.45 bits per heavy atom. The number of nitro benzene ring substituents is 1. The Balaban J connectivity index is 2.96. The highest BCUT2D eigenvalue weighted by Gasteiger charge is 2.15. The summed E-state index contributed by atoms with van der Waals surface area (Å²) >= 11 is 0. The molecule has 1 aromatic carbocycles. The van der Waals surface area contributed by atoms with E-state index in [9.17, 15) is 10.1 Å². The van der Waals surface area contributed by atoms with Crippen molar-refractivity contribution in [1.29, 1.82) is 0 Å². The molecule has 5 heteroatoms. The molecule has 0 aliphatic heterocycles. The maximum atomic E-state index is 10.9. The van der Waals surface area contributed by atoms with Crippen LogP contribution >= 0.6 is 0 Å². The highest BCUT2D eigenvalue weighted by Crippen LogP contribution is 2.25. The summed E-state index contributed by atoms with van der Waals surface area (Å²) in [4.78, 5) is 10.5. The normalized spacial score (nSPS) is 11.2. The molecular formula is C15H22N2O3. The van der Waals surface area contributed by atoms with Crippen molar-refractivity contribution in [3.63, 3.8) is 0 Å². The zero-order chi connectivity index (χ0) is 15.3. The average molecular weight is 278 g/mol. The van der Waals surface area contributed by atoms with Crippen LogP contribution in [0.3, 0.4) is 0 Å². The van der Waals surface area contributed by atoms with Gasteiger partial charge in [-0.25, -0.2) is 0 Å². The monoisotopic (exact) mass is 278 g/mol. The van der Waals surface area contributed by atoms with Crippen molar-refractivity contribution in [2.45, 2.75) is 39.8 Å². The maximum Gasteiger partial charge on any atom is 0.270 e. The molecule has 0 fully saturated rings. The summed E-state index contributed by atoms with van der Waals surface area (Å²) < 4.78 is 5.64. The second kappa shape index (κ2) is 6.52. The summed E-state index contributed by atoms with van der Waals surface area (Å²) in [7, 11) is 0. The Kier molecular flexibility index (Phi) is 5.27. The number of rotatable bonds is 6. The third-order valence-electron chi connectivity index (χ3n) is 2.54. The molecular weight excluding hydrogens is 256 g/mol. The van der Waals surface area contributed by atoms with Crippen molar-refractivity contribution in [3.05, 3.63) is 46.0 Å². The number of ether oxygens (including phenoxy) is 1. The lowest BCUT2D eigenvalue weighted by molar-refractivity contribution is -0.384. The highest BCUT2D eigenvalue weighted by molar-refractivity contribution is 5.44. The van der Waals surface area contributed by atoms with E-state index in [2.05, 4.69) is 11.9 Å². The number of nitrogens with zero attached hydrogens (tertiary/aromatic N) is 1. The summed E-state index contributed by atoms with van der Waals surface area (Å²) in [6, 6.07) is 4.64. The second-order valence-corrected chi connectivity index (χ2v) is 5.90. The largest absolute Gasteiger partial charge is 0.489 e. The van der Waals surface area contributed by atoms with Crippen LogP contribution in [0.2, 0.25) is 0 Å². The quantitative estimate of drug-likeness (QED) is 0.492. The molecule has 20 heavy (non-hydrogen) atoms. The lowest BCUT2D eigenvalue weighted by Gasteiger charge is -2.21. The van der Waals surface area contributed by atoms with Gasteiger partial charge in [0.05, 0.1) is 4.92 Å². The second-order valence-electron chi connectivity index (χ2n) is 5.90. The highest BCUT2D eigenvalue weighted by atomic mass is 16.6. The van der Waals surface area contributed by atoms with Crippen molar-refractivity contribution in [2.75, 3.05) is 6.61 Å². The van der Waals surface area contributed by atoms with Crippen LogP contribution in [-0.2, 0) is 6.54 Å². The molecule has 0 atom stereocenters. The van der Waals surface area contributed by atoms with Gasteiger partial charge in [0, 0.05) is 29.8 Å². The molecule has 0 amide bonds. The number of nitro groups is 1. The van der Waals surface area contributed by atoms with E-state index in [1.54, 1.807) is 12.1 Å². The van der Waals surface area contributed by atoms with Gasteiger partial charge in [-0.15, -0.1) is 0 Å². The topological polar surface area (TPSA) is 64.4 Å². The Labute approximate surface area is 119 Å². The van der Waals surface area contributed by atoms with Gasteiger partial charge < -0.3 is 10.1 Å². The fourth-order valence-electron chi connectivity index (χ4n) is 1.52. The molecule has 0 bridgehead atoms. The number of nitrogens with one attached hydrogen (secondary N) is 1. The maximum absolute atomic E-state index is 10.9. The van der Waals surface area contributed by atoms with Crippen LogP contribution in [0.5, 0.6) is 5.75 Å². The third kappa shape index (κ3) is 5.40. The summed E-state index contributed by atoms with van der Waals surface area (Å²) in [5.74, 6) is 0.648. The number of non-ortho nitro benzene ring substituents is 1. The molecule has 0 aliphatic rings. The average Bonchev–Trinajstić information content (AvgIpc) is 2.33. The van der Waals surface area contributed by atoms with E-state index in [4.69, 9.17) is 4.74 Å². The molecule has 110 valence electrons. The lowest BCUT2D eigenvalue weighted by Crippen LogP contribution is -2.35. The lowest BCUT2D eigenvalue weighted by atomic mass is 10.1. The molecule has 0 spiro atoms. The van der Waals surface area contributed by atoms with E-state index in [1.807, 2.05) is 27.7 Å². The van der Waals surface area contributed by atoms with Gasteiger partial charge >= 0.3 is 0 Å². The molecule has 0 unspecified atom stereocenters. The molecule has 0 saturated heterocycles. The van der Waals surface area contributed by atoms with Gasteiger partial charge in [-0.3, -0.25) is 10.1 Å². The number of hydrogen-bond donors (Lipinski definition) is 1. The Bertz CT molecular complexity index is 504. The zero-order valence-corrected chi connectivity index (χ0v) is 12.5. The Morgan fingerprint density at radius 2 is 2.10 bits per heavy atom. The Morgan fingerprint density at radius 3 is 2.60 bits per heavy atom. The van der Waals surface area contributed by atoms with Crippen LogP contribution in [-0.4, -0.2) is 17.1 Å². The fraction of sp³-hybridized carbons (Fsp3) is 0.467. The molecule has 0 aromatic heterocycles. The van der Waals surface area contributed by atoms with E-state index in [0.29, 0.717) is 18.9 Å². The molecule has 1 rings (SSSR count). The van der Waals surface area contributed by atoms with Crippen LogP contribution in [0.4, 0.5) is 5.69 Å². The summed E-state index contributed by atoms with van der Waals surface area (Å²) in [5, 5.41) is 14.2. The third-order valence-corrected chi connectivity index (χ3v) is 2.54. The first-order valence-corrected chi connectivity index (χ1v) is 6.48. The van der Waals surface area contributed by atoms with Crippen molar-refractivity contribution in [2.24, 2.45) is 0 Å². The first-order chi connectivity index (χ1) is 9.19. The minimum Gasteiger partial charge on any atom is -0.489 e. The predicted molar refractivity (Wildman–Crippen MR) is 80.0 cm³/mol. The molecule has 0 radical (unpaired) electrons. The van der Waals surface area contributed by atoms with Crippen LogP contribution in [0.25, 0.3) is 0 Å². The van der Waals surface area contributed by atoms with Crippen molar-refractivity contribution in [1.82, 2.24) is 5.32 Å². The van der Waals surface area contributed by atoms with Crippen molar-refractivity contribution >= 4 is 5.69 Å². The predicted octanol–water partition coefficient (Wildman–Crippen LogP) is 3.44. The summed E-state index contributed by atoms with van der Waals surface area (Å²) in [6.45, 7) is 12.7. The SMILES string of the molecule is C=C(C)COc1ccc([N+](=O)[O-])cc1CNC(C)(C)C. The van der Waals surface area contributed by atoms with Gasteiger partial charge in [0.2, 0.25) is 0 Å². The van der Waals surface area contributed by atoms with E-state index in [1.165, 1.54) is 6.07 Å². The smallest absolute Gasteiger partial charge is 0.270 e. The number of benzene rings is 1. The minimum atomic E-state index is -0.400. The minimum absolute atomic E-state index is 0.0679. The van der Waals surface area contributed by atoms with Gasteiger partial charge in [-0.2, -0.15) is 0 Å². The first kappa shape index (κ1) is 16.2. The Hall–Kier alpha value is -1.88. The van der Waals surface area contributed by atoms with Gasteiger partial charge in [-0.05, 0) is 39.3 Å². The van der Waals surface area contributed by atoms with Crippen LogP contribution < -0.4 is 10.1 Å². The van der Waals surface area contributed by atoms with Gasteiger partial charge in [-0.1, -0.05) is 6.58 Å². The number of hydrogen-bond acceptors (Lipinski definition) is 4. The van der Waals surface area contributed by atoms with E-state index in [-0.39, 0.29) is 11.2 Å². The molecule has 1 aromatic rings. The van der Waals surface area contributed by atoms with Crippen molar-refractivity contribution < 1.29 is 9.66 Å². The molecule has 0 aliphatic carbocycles. The summed E-state index contributed by atoms with van der Waals surface area (Å²) in [5.41, 5.74) is 1.67. The summed E-state index contributed by atoms with van der Waals surface area (Å²) in [6.07, 6.45) is 0. The molecule has 1 N–H and O–H groups in total. The standard InChI is InChI=1S/C15H22N2O3/c1-11(2)10-20-14-7-6-13(17(18)19)8-12(14)9-16-15(3,4)5/h6-8,16H,1,9-10H2,2-5H3. The van der Waals surface area contributed by atoms with Gasteiger partial charge in [0.15, 0.2) is 0 Å². The van der Waals surface area contributed by atoms with Gasteiger partial charge in [0.25, 0.3) is 5.69 Å². The first-order valence-electron chi connectivity index (χ1n) is 6.48. The van der Waals surface area contributed by atoms with Crippen LogP contribution in [0.15, 0.2) is 30.4 Å². The van der Waals surface area contributed by atoms with Crippen LogP contribution in [0, 0.1) is 10.1 Å². The van der Waals surface area contributed by atoms with E-state index < -0.39 is 4.92 Å². The molecule has 5 nitrogen and oxygen atoms in total. The molecule has 0 heterocycles.